The van der Waals surface area contributed by atoms with Crippen molar-refractivity contribution in [2.45, 2.75) is 31.7 Å². The molecule has 1 amide bonds. The Morgan fingerprint density at radius 3 is 2.53 bits per heavy atom. The van der Waals surface area contributed by atoms with E-state index in [0.717, 1.165) is 5.56 Å². The lowest BCUT2D eigenvalue weighted by atomic mass is 10.1. The number of fused-ring (bicyclic) bond motifs is 1. The standard InChI is InChI=1S/C24H20F3NO5S/c25-24(26,27)22-18(14-4-2-1-3-5-14)11-17(34-22)13-33-16-6-7-19-15(10-16)8-9-28(19)23(32)20(29)12-21(30)31/h1-7,10-11,20,29H,8-9,12-13H2,(H,30,31). The number of aliphatic carboxylic acids is 1. The maximum Gasteiger partial charge on any atom is 0.426 e. The lowest BCUT2D eigenvalue weighted by Gasteiger charge is -2.20. The van der Waals surface area contributed by atoms with Gasteiger partial charge >= 0.3 is 12.1 Å². The van der Waals surface area contributed by atoms with E-state index in [9.17, 15) is 27.9 Å². The van der Waals surface area contributed by atoms with Gasteiger partial charge in [-0.1, -0.05) is 30.3 Å². The number of amides is 1. The fourth-order valence-corrected chi connectivity index (χ4v) is 4.80. The van der Waals surface area contributed by atoms with Crippen LogP contribution in [0.3, 0.4) is 0 Å². The van der Waals surface area contributed by atoms with Gasteiger partial charge in [0.25, 0.3) is 5.91 Å². The topological polar surface area (TPSA) is 87.1 Å². The van der Waals surface area contributed by atoms with Crippen molar-refractivity contribution in [1.82, 2.24) is 0 Å². The molecule has 4 rings (SSSR count). The van der Waals surface area contributed by atoms with Crippen molar-refractivity contribution in [3.8, 4) is 16.9 Å². The number of rotatable bonds is 7. The molecule has 1 aromatic heterocycles. The highest BCUT2D eigenvalue weighted by Crippen LogP contribution is 2.43. The summed E-state index contributed by atoms with van der Waals surface area (Å²) in [6, 6.07) is 14.8. The number of carbonyl (C=O) groups excluding carboxylic acids is 1. The Morgan fingerprint density at radius 2 is 1.85 bits per heavy atom. The van der Waals surface area contributed by atoms with E-state index in [1.54, 1.807) is 48.5 Å². The predicted molar refractivity (Wildman–Crippen MR) is 120 cm³/mol. The quantitative estimate of drug-likeness (QED) is 0.499. The number of thiophene rings is 1. The summed E-state index contributed by atoms with van der Waals surface area (Å²) in [7, 11) is 0. The normalized spacial score (nSPS) is 14.1. The Kier molecular flexibility index (Phi) is 6.63. The molecule has 1 atom stereocenters. The second-order valence-electron chi connectivity index (χ2n) is 7.75. The Balaban J connectivity index is 1.49. The number of nitrogens with zero attached hydrogens (tertiary/aromatic N) is 1. The van der Waals surface area contributed by atoms with E-state index in [0.29, 0.717) is 39.6 Å². The lowest BCUT2D eigenvalue weighted by molar-refractivity contribution is -0.143. The Hall–Kier alpha value is -3.37. The first kappa shape index (κ1) is 23.8. The van der Waals surface area contributed by atoms with Crippen LogP contribution in [0.4, 0.5) is 18.9 Å². The Bertz CT molecular complexity index is 1210. The van der Waals surface area contributed by atoms with E-state index >= 15 is 0 Å². The number of carboxylic acid groups (broad SMARTS) is 1. The number of aliphatic hydroxyl groups is 1. The number of alkyl halides is 3. The minimum absolute atomic E-state index is 0.0562. The van der Waals surface area contributed by atoms with Gasteiger partial charge < -0.3 is 19.8 Å². The fourth-order valence-electron chi connectivity index (χ4n) is 3.84. The molecular formula is C24H20F3NO5S. The molecule has 0 bridgehead atoms. The molecular weight excluding hydrogens is 471 g/mol. The van der Waals surface area contributed by atoms with Crippen molar-refractivity contribution < 1.29 is 37.7 Å². The molecule has 178 valence electrons. The van der Waals surface area contributed by atoms with Gasteiger partial charge in [0.1, 0.15) is 23.3 Å². The summed E-state index contributed by atoms with van der Waals surface area (Å²) in [5.41, 5.74) is 1.90. The first-order chi connectivity index (χ1) is 16.1. The summed E-state index contributed by atoms with van der Waals surface area (Å²) in [5.74, 6) is -1.54. The molecule has 0 radical (unpaired) electrons. The number of carboxylic acids is 1. The highest BCUT2D eigenvalue weighted by molar-refractivity contribution is 7.12. The van der Waals surface area contributed by atoms with Gasteiger partial charge in [0.2, 0.25) is 0 Å². The number of anilines is 1. The second-order valence-corrected chi connectivity index (χ2v) is 8.89. The minimum atomic E-state index is -4.48. The van der Waals surface area contributed by atoms with Crippen molar-refractivity contribution in [1.29, 1.82) is 0 Å². The van der Waals surface area contributed by atoms with E-state index in [1.807, 2.05) is 0 Å². The molecule has 0 fully saturated rings. The molecule has 2 N–H and O–H groups in total. The van der Waals surface area contributed by atoms with Crippen LogP contribution in [0.25, 0.3) is 11.1 Å². The third kappa shape index (κ3) is 5.07. The van der Waals surface area contributed by atoms with Gasteiger partial charge in [0.15, 0.2) is 0 Å². The van der Waals surface area contributed by atoms with Crippen molar-refractivity contribution in [2.75, 3.05) is 11.4 Å². The Labute approximate surface area is 196 Å². The first-order valence-corrected chi connectivity index (χ1v) is 11.2. The fraction of sp³-hybridized carbons (Fsp3) is 0.250. The van der Waals surface area contributed by atoms with Crippen LogP contribution in [0, 0.1) is 0 Å². The summed E-state index contributed by atoms with van der Waals surface area (Å²) >= 11 is 0.640. The van der Waals surface area contributed by atoms with Crippen molar-refractivity contribution in [3.05, 3.63) is 69.9 Å². The van der Waals surface area contributed by atoms with Crippen molar-refractivity contribution in [3.63, 3.8) is 0 Å². The van der Waals surface area contributed by atoms with Crippen LogP contribution in [0.5, 0.6) is 5.75 Å². The second kappa shape index (κ2) is 9.47. The van der Waals surface area contributed by atoms with E-state index in [1.165, 1.54) is 11.0 Å². The van der Waals surface area contributed by atoms with Crippen LogP contribution in [0.1, 0.15) is 21.7 Å². The van der Waals surface area contributed by atoms with Crippen LogP contribution in [-0.2, 0) is 28.8 Å². The van der Waals surface area contributed by atoms with Gasteiger partial charge in [-0.3, -0.25) is 9.59 Å². The van der Waals surface area contributed by atoms with Gasteiger partial charge in [0, 0.05) is 22.7 Å². The van der Waals surface area contributed by atoms with Crippen LogP contribution < -0.4 is 9.64 Å². The molecule has 0 aliphatic carbocycles. The van der Waals surface area contributed by atoms with Crippen molar-refractivity contribution in [2.24, 2.45) is 0 Å². The zero-order chi connectivity index (χ0) is 24.5. The summed E-state index contributed by atoms with van der Waals surface area (Å²) in [4.78, 5) is 24.2. The number of carbonyl (C=O) groups is 2. The average Bonchev–Trinajstić information content (AvgIpc) is 3.41. The molecule has 1 unspecified atom stereocenters. The maximum atomic E-state index is 13.6. The highest BCUT2D eigenvalue weighted by Gasteiger charge is 2.36. The molecule has 2 aromatic carbocycles. The van der Waals surface area contributed by atoms with Crippen LogP contribution in [-0.4, -0.2) is 34.7 Å². The first-order valence-electron chi connectivity index (χ1n) is 10.4. The highest BCUT2D eigenvalue weighted by atomic mass is 32.1. The molecule has 1 aliphatic heterocycles. The lowest BCUT2D eigenvalue weighted by Crippen LogP contribution is -2.39. The molecule has 10 heteroatoms. The zero-order valence-corrected chi connectivity index (χ0v) is 18.5. The molecule has 2 heterocycles. The molecule has 3 aromatic rings. The SMILES string of the molecule is O=C(O)CC(O)C(=O)N1CCc2cc(OCc3cc(-c4ccccc4)c(C(F)(F)F)s3)ccc21. The van der Waals surface area contributed by atoms with E-state index in [4.69, 9.17) is 9.84 Å². The zero-order valence-electron chi connectivity index (χ0n) is 17.7. The van der Waals surface area contributed by atoms with Gasteiger partial charge in [-0.25, -0.2) is 0 Å². The third-order valence-electron chi connectivity index (χ3n) is 5.37. The van der Waals surface area contributed by atoms with E-state index in [-0.39, 0.29) is 18.7 Å². The van der Waals surface area contributed by atoms with Gasteiger partial charge in [-0.2, -0.15) is 13.2 Å². The number of benzene rings is 2. The Morgan fingerprint density at radius 1 is 1.12 bits per heavy atom. The summed E-state index contributed by atoms with van der Waals surface area (Å²) in [6.07, 6.45) is -6.33. The smallest absolute Gasteiger partial charge is 0.426 e. The molecule has 34 heavy (non-hydrogen) atoms. The third-order valence-corrected chi connectivity index (χ3v) is 6.53. The number of hydrogen-bond acceptors (Lipinski definition) is 5. The van der Waals surface area contributed by atoms with E-state index in [2.05, 4.69) is 0 Å². The van der Waals surface area contributed by atoms with E-state index < -0.39 is 35.5 Å². The molecule has 0 saturated carbocycles. The average molecular weight is 491 g/mol. The van der Waals surface area contributed by atoms with Crippen molar-refractivity contribution >= 4 is 28.9 Å². The molecule has 0 spiro atoms. The summed E-state index contributed by atoms with van der Waals surface area (Å²) in [5, 5.41) is 18.6. The number of aliphatic hydroxyl groups excluding tert-OH is 1. The van der Waals surface area contributed by atoms with Crippen LogP contribution >= 0.6 is 11.3 Å². The van der Waals surface area contributed by atoms with Gasteiger partial charge in [-0.15, -0.1) is 11.3 Å². The monoisotopic (exact) mass is 491 g/mol. The summed E-state index contributed by atoms with van der Waals surface area (Å²) in [6.45, 7) is 0.230. The molecule has 0 saturated heterocycles. The number of hydrogen-bond donors (Lipinski definition) is 2. The molecule has 6 nitrogen and oxygen atoms in total. The molecule has 1 aliphatic rings. The van der Waals surface area contributed by atoms with Gasteiger partial charge in [-0.05, 0) is 41.8 Å². The minimum Gasteiger partial charge on any atom is -0.488 e. The maximum absolute atomic E-state index is 13.6. The van der Waals surface area contributed by atoms with Crippen LogP contribution in [0.2, 0.25) is 0 Å². The van der Waals surface area contributed by atoms with Crippen LogP contribution in [0.15, 0.2) is 54.6 Å². The number of ether oxygens (including phenoxy) is 1. The summed E-state index contributed by atoms with van der Waals surface area (Å²) < 4.78 is 46.5. The number of halogens is 3. The van der Waals surface area contributed by atoms with Gasteiger partial charge in [0.05, 0.1) is 6.42 Å². The largest absolute Gasteiger partial charge is 0.488 e. The predicted octanol–water partition coefficient (Wildman–Crippen LogP) is 4.74.